The van der Waals surface area contributed by atoms with Gasteiger partial charge in [-0.1, -0.05) is 0 Å². The molecule has 0 aliphatic heterocycles. The monoisotopic (exact) mass is 536 g/mol. The van der Waals surface area contributed by atoms with Gasteiger partial charge in [-0.05, 0) is 41.8 Å². The van der Waals surface area contributed by atoms with Crippen molar-refractivity contribution in [1.82, 2.24) is 20.4 Å². The second-order valence-corrected chi connectivity index (χ2v) is 11.4. The topological polar surface area (TPSA) is 158 Å². The third-order valence-corrected chi connectivity index (χ3v) is 5.80. The first-order valence-corrected chi connectivity index (χ1v) is 14.8. The first-order chi connectivity index (χ1) is 15.7. The van der Waals surface area contributed by atoms with E-state index in [1.165, 1.54) is 0 Å². The Kier molecular flexibility index (Phi) is 21.8. The van der Waals surface area contributed by atoms with Crippen LogP contribution in [0.3, 0.4) is 0 Å². The quantitative estimate of drug-likeness (QED) is 0.150. The van der Waals surface area contributed by atoms with Crippen LogP contribution in [0.2, 0.25) is 0 Å². The molecule has 0 saturated heterocycles. The van der Waals surface area contributed by atoms with Crippen LogP contribution >= 0.6 is 0 Å². The van der Waals surface area contributed by atoms with Crippen LogP contribution in [0.1, 0.15) is 27.7 Å². The maximum Gasteiger partial charge on any atom is 0.266 e. The van der Waals surface area contributed by atoms with Gasteiger partial charge in [-0.25, -0.2) is 0 Å². The van der Waals surface area contributed by atoms with E-state index >= 15 is 0 Å². The Bertz CT molecular complexity index is 618. The fourth-order valence-electron chi connectivity index (χ4n) is 2.53. The van der Waals surface area contributed by atoms with Crippen molar-refractivity contribution in [3.8, 4) is 0 Å². The standard InChI is InChI=1S/2C10H24N2O4S/c2*1-10(2)16-8-6-12(5-4-11-3)7-9-17(13,14)15/h2*10-11H,4-9H2,1-3H3,(H,13,14,15). The second-order valence-electron chi connectivity index (χ2n) is 8.30. The van der Waals surface area contributed by atoms with Gasteiger partial charge < -0.3 is 20.1 Å². The van der Waals surface area contributed by atoms with Crippen LogP contribution in [0.25, 0.3) is 0 Å². The Labute approximate surface area is 207 Å². The summed E-state index contributed by atoms with van der Waals surface area (Å²) < 4.78 is 70.9. The van der Waals surface area contributed by atoms with Crippen LogP contribution in [-0.4, -0.2) is 139 Å². The number of rotatable bonds is 20. The van der Waals surface area contributed by atoms with E-state index in [0.29, 0.717) is 39.4 Å². The molecule has 0 aliphatic rings. The minimum Gasteiger partial charge on any atom is -0.377 e. The highest BCUT2D eigenvalue weighted by molar-refractivity contribution is 7.86. The number of hydrogen-bond acceptors (Lipinski definition) is 10. The minimum atomic E-state index is -3.89. The number of nitrogens with zero attached hydrogens (tertiary/aromatic N) is 2. The van der Waals surface area contributed by atoms with E-state index in [1.807, 2.05) is 51.6 Å². The second kappa shape index (κ2) is 20.7. The van der Waals surface area contributed by atoms with Gasteiger partial charge in [0.15, 0.2) is 0 Å². The Hall–Kier alpha value is -0.420. The molecule has 0 heterocycles. The molecule has 0 aromatic heterocycles. The van der Waals surface area contributed by atoms with E-state index in [4.69, 9.17) is 18.6 Å². The van der Waals surface area contributed by atoms with Crippen LogP contribution in [0, 0.1) is 0 Å². The highest BCUT2D eigenvalue weighted by Crippen LogP contribution is 1.95. The highest BCUT2D eigenvalue weighted by atomic mass is 32.2. The van der Waals surface area contributed by atoms with Gasteiger partial charge in [-0.15, -0.1) is 0 Å². The van der Waals surface area contributed by atoms with E-state index in [1.54, 1.807) is 0 Å². The number of likely N-dealkylation sites (N-methyl/N-ethyl adjacent to an activating group) is 2. The molecule has 34 heavy (non-hydrogen) atoms. The molecular weight excluding hydrogens is 488 g/mol. The van der Waals surface area contributed by atoms with Gasteiger partial charge >= 0.3 is 0 Å². The Morgan fingerprint density at radius 3 is 1.21 bits per heavy atom. The fourth-order valence-corrected chi connectivity index (χ4v) is 3.51. The maximum atomic E-state index is 10.7. The predicted molar refractivity (Wildman–Crippen MR) is 136 cm³/mol. The van der Waals surface area contributed by atoms with E-state index in [9.17, 15) is 16.8 Å². The molecule has 0 radical (unpaired) electrons. The summed E-state index contributed by atoms with van der Waals surface area (Å²) in [6.07, 6.45) is 0.338. The summed E-state index contributed by atoms with van der Waals surface area (Å²) in [4.78, 5) is 3.90. The zero-order valence-electron chi connectivity index (χ0n) is 21.7. The van der Waals surface area contributed by atoms with Crippen LogP contribution in [0.4, 0.5) is 0 Å². The number of nitrogens with one attached hydrogen (secondary N) is 2. The molecule has 0 aromatic rings. The van der Waals surface area contributed by atoms with Crippen molar-refractivity contribution < 1.29 is 35.4 Å². The molecule has 0 saturated carbocycles. The van der Waals surface area contributed by atoms with Crippen molar-refractivity contribution >= 4 is 20.2 Å². The average Bonchev–Trinajstić information content (AvgIpc) is 2.70. The van der Waals surface area contributed by atoms with Gasteiger partial charge in [-0.3, -0.25) is 18.9 Å². The summed E-state index contributed by atoms with van der Waals surface area (Å²) in [7, 11) is -4.10. The van der Waals surface area contributed by atoms with Gasteiger partial charge in [0.1, 0.15) is 0 Å². The normalized spacial score (nSPS) is 12.6. The third-order valence-electron chi connectivity index (χ3n) is 4.40. The molecule has 208 valence electrons. The average molecular weight is 537 g/mol. The number of hydrogen-bond donors (Lipinski definition) is 4. The van der Waals surface area contributed by atoms with Crippen molar-refractivity contribution in [2.24, 2.45) is 0 Å². The zero-order chi connectivity index (χ0) is 26.6. The molecule has 0 fully saturated rings. The first kappa shape index (κ1) is 35.7. The van der Waals surface area contributed by atoms with Crippen molar-refractivity contribution in [2.75, 3.05) is 91.2 Å². The van der Waals surface area contributed by atoms with Crippen LogP contribution < -0.4 is 10.6 Å². The molecule has 0 atom stereocenters. The molecule has 0 amide bonds. The van der Waals surface area contributed by atoms with Gasteiger partial charge in [0.2, 0.25) is 0 Å². The van der Waals surface area contributed by atoms with Crippen molar-refractivity contribution in [2.45, 2.75) is 39.9 Å². The van der Waals surface area contributed by atoms with Gasteiger partial charge in [0.05, 0.1) is 36.9 Å². The van der Waals surface area contributed by atoms with E-state index in [2.05, 4.69) is 10.6 Å². The lowest BCUT2D eigenvalue weighted by molar-refractivity contribution is 0.0602. The zero-order valence-corrected chi connectivity index (χ0v) is 23.3. The van der Waals surface area contributed by atoms with Crippen molar-refractivity contribution in [1.29, 1.82) is 0 Å². The maximum absolute atomic E-state index is 10.7. The lowest BCUT2D eigenvalue weighted by Crippen LogP contribution is -2.37. The summed E-state index contributed by atoms with van der Waals surface area (Å²) in [5, 5.41) is 6.00. The minimum absolute atomic E-state index is 0.169. The van der Waals surface area contributed by atoms with Crippen LogP contribution in [-0.2, 0) is 29.7 Å². The molecule has 0 aromatic carbocycles. The molecule has 12 nitrogen and oxygen atoms in total. The van der Waals surface area contributed by atoms with E-state index in [-0.39, 0.29) is 23.7 Å². The molecule has 0 rings (SSSR count). The molecule has 0 bridgehead atoms. The molecule has 4 N–H and O–H groups in total. The summed E-state index contributed by atoms with van der Waals surface area (Å²) in [6.45, 7) is 13.9. The lowest BCUT2D eigenvalue weighted by Gasteiger charge is -2.22. The summed E-state index contributed by atoms with van der Waals surface area (Å²) in [6, 6.07) is 0. The van der Waals surface area contributed by atoms with Gasteiger partial charge in [0, 0.05) is 52.4 Å². The Morgan fingerprint density at radius 1 is 0.647 bits per heavy atom. The molecule has 14 heteroatoms. The largest absolute Gasteiger partial charge is 0.377 e. The van der Waals surface area contributed by atoms with Crippen LogP contribution in [0.15, 0.2) is 0 Å². The fraction of sp³-hybridized carbons (Fsp3) is 1.00. The Balaban J connectivity index is 0. The van der Waals surface area contributed by atoms with Crippen molar-refractivity contribution in [3.05, 3.63) is 0 Å². The van der Waals surface area contributed by atoms with E-state index in [0.717, 1.165) is 26.2 Å². The summed E-state index contributed by atoms with van der Waals surface area (Å²) in [5.41, 5.74) is 0. The smallest absolute Gasteiger partial charge is 0.266 e. The van der Waals surface area contributed by atoms with Gasteiger partial charge in [-0.2, -0.15) is 16.8 Å². The molecule has 0 unspecified atom stereocenters. The SMILES string of the molecule is CNCCN(CCOC(C)C)CCS(=O)(=O)O.CNCCN(CCOC(C)C)CCS(=O)(=O)O. The molecule has 0 aliphatic carbocycles. The highest BCUT2D eigenvalue weighted by Gasteiger charge is 2.11. The van der Waals surface area contributed by atoms with Crippen LogP contribution in [0.5, 0.6) is 0 Å². The number of ether oxygens (including phenoxy) is 2. The first-order valence-electron chi connectivity index (χ1n) is 11.6. The summed E-state index contributed by atoms with van der Waals surface area (Å²) >= 11 is 0. The Morgan fingerprint density at radius 2 is 0.971 bits per heavy atom. The third kappa shape index (κ3) is 29.6. The van der Waals surface area contributed by atoms with E-state index < -0.39 is 20.2 Å². The molecule has 0 spiro atoms. The lowest BCUT2D eigenvalue weighted by atomic mass is 10.4. The van der Waals surface area contributed by atoms with Gasteiger partial charge in [0.25, 0.3) is 20.2 Å². The molecular formula is C20H48N4O8S2. The summed E-state index contributed by atoms with van der Waals surface area (Å²) in [5.74, 6) is -0.475. The van der Waals surface area contributed by atoms with Crippen molar-refractivity contribution in [3.63, 3.8) is 0 Å². The predicted octanol–water partition coefficient (Wildman–Crippen LogP) is -0.359.